The molecular formula is C9H16O3S. The maximum atomic E-state index is 11.0. The molecule has 2 aliphatic rings. The second-order valence-electron chi connectivity index (χ2n) is 4.82. The minimum atomic E-state index is -1.76. The summed E-state index contributed by atoms with van der Waals surface area (Å²) < 4.78 is 20.0. The number of hydrogen-bond donors (Lipinski definition) is 2. The van der Waals surface area contributed by atoms with E-state index >= 15 is 0 Å². The lowest BCUT2D eigenvalue weighted by molar-refractivity contribution is 0.0447. The van der Waals surface area contributed by atoms with Gasteiger partial charge in [-0.25, -0.2) is 4.21 Å². The zero-order chi connectivity index (χ0) is 9.80. The van der Waals surface area contributed by atoms with Gasteiger partial charge in [-0.2, -0.15) is 0 Å². The zero-order valence-electron chi connectivity index (χ0n) is 7.93. The Labute approximate surface area is 80.8 Å². The molecule has 4 heteroatoms. The van der Waals surface area contributed by atoms with Gasteiger partial charge in [-0.15, -0.1) is 0 Å². The van der Waals surface area contributed by atoms with Gasteiger partial charge in [0.25, 0.3) is 0 Å². The first-order valence-electron chi connectivity index (χ1n) is 4.73. The molecule has 2 rings (SSSR count). The summed E-state index contributed by atoms with van der Waals surface area (Å²) in [5.74, 6) is 0.322. The van der Waals surface area contributed by atoms with Gasteiger partial charge < -0.3 is 9.66 Å². The molecule has 0 amide bonds. The van der Waals surface area contributed by atoms with Gasteiger partial charge in [-0.3, -0.25) is 0 Å². The molecular weight excluding hydrogens is 188 g/mol. The first-order valence-corrected chi connectivity index (χ1v) is 5.90. The first-order chi connectivity index (χ1) is 5.96. The molecule has 6 unspecified atom stereocenters. The van der Waals surface area contributed by atoms with E-state index in [4.69, 9.17) is 4.55 Å². The second-order valence-corrected chi connectivity index (χ2v) is 5.98. The lowest BCUT2D eigenvalue weighted by Gasteiger charge is -2.34. The maximum absolute atomic E-state index is 11.0. The van der Waals surface area contributed by atoms with Gasteiger partial charge in [0.1, 0.15) is 0 Å². The molecule has 0 heterocycles. The van der Waals surface area contributed by atoms with Gasteiger partial charge in [0.05, 0.1) is 11.4 Å². The van der Waals surface area contributed by atoms with Gasteiger partial charge in [0.15, 0.2) is 11.1 Å². The number of aliphatic hydroxyl groups is 1. The highest BCUT2D eigenvalue weighted by atomic mass is 32.2. The lowest BCUT2D eigenvalue weighted by Crippen LogP contribution is -2.39. The van der Waals surface area contributed by atoms with E-state index in [0.29, 0.717) is 0 Å². The molecule has 2 saturated carbocycles. The summed E-state index contributed by atoms with van der Waals surface area (Å²) in [4.78, 5) is 0. The SMILES string of the molecule is CC1C(O)C2CC1(C)CC2S(=O)O. The Kier molecular flexibility index (Phi) is 2.06. The molecule has 2 N–H and O–H groups in total. The van der Waals surface area contributed by atoms with Gasteiger partial charge in [0.2, 0.25) is 0 Å². The largest absolute Gasteiger partial charge is 0.392 e. The third kappa shape index (κ3) is 1.19. The molecule has 0 spiro atoms. The normalized spacial score (nSPS) is 56.9. The fourth-order valence-corrected chi connectivity index (χ4v) is 4.16. The van der Waals surface area contributed by atoms with Crippen LogP contribution in [-0.2, 0) is 11.1 Å². The van der Waals surface area contributed by atoms with Crippen LogP contribution in [0.1, 0.15) is 26.7 Å². The Morgan fingerprint density at radius 3 is 2.46 bits per heavy atom. The monoisotopic (exact) mass is 204 g/mol. The number of aliphatic hydroxyl groups excluding tert-OH is 1. The van der Waals surface area contributed by atoms with Crippen LogP contribution in [0.15, 0.2) is 0 Å². The topological polar surface area (TPSA) is 57.5 Å². The molecule has 0 aliphatic heterocycles. The van der Waals surface area contributed by atoms with Crippen molar-refractivity contribution in [2.75, 3.05) is 0 Å². The lowest BCUT2D eigenvalue weighted by atomic mass is 9.76. The standard InChI is InChI=1S/C9H16O3S/c1-5-8(10)6-3-9(5,2)4-7(6)13(11)12/h5-8,10H,3-4H2,1-2H3,(H,11,12). The quantitative estimate of drug-likeness (QED) is 0.627. The highest BCUT2D eigenvalue weighted by Gasteiger charge is 2.58. The highest BCUT2D eigenvalue weighted by molar-refractivity contribution is 7.79. The van der Waals surface area contributed by atoms with Crippen molar-refractivity contribution in [2.24, 2.45) is 17.3 Å². The average molecular weight is 204 g/mol. The Morgan fingerprint density at radius 1 is 1.46 bits per heavy atom. The number of fused-ring (bicyclic) bond motifs is 2. The summed E-state index contributed by atoms with van der Waals surface area (Å²) in [6, 6.07) is 0. The van der Waals surface area contributed by atoms with E-state index in [1.165, 1.54) is 0 Å². The predicted octanol–water partition coefficient (Wildman–Crippen LogP) is 1.00. The fraction of sp³-hybridized carbons (Fsp3) is 1.00. The number of hydrogen-bond acceptors (Lipinski definition) is 2. The Hall–Kier alpha value is 0.0700. The van der Waals surface area contributed by atoms with Crippen LogP contribution < -0.4 is 0 Å². The smallest absolute Gasteiger partial charge is 0.156 e. The molecule has 13 heavy (non-hydrogen) atoms. The van der Waals surface area contributed by atoms with Crippen LogP contribution in [0.2, 0.25) is 0 Å². The summed E-state index contributed by atoms with van der Waals surface area (Å²) >= 11 is -1.76. The maximum Gasteiger partial charge on any atom is 0.156 e. The fourth-order valence-electron chi connectivity index (χ4n) is 3.08. The van der Waals surface area contributed by atoms with Gasteiger partial charge in [-0.1, -0.05) is 13.8 Å². The van der Waals surface area contributed by atoms with Crippen LogP contribution in [0.3, 0.4) is 0 Å². The Bertz CT molecular complexity index is 255. The molecule has 0 aromatic rings. The van der Waals surface area contributed by atoms with Crippen molar-refractivity contribution in [2.45, 2.75) is 38.0 Å². The summed E-state index contributed by atoms with van der Waals surface area (Å²) in [7, 11) is 0. The Morgan fingerprint density at radius 2 is 2.08 bits per heavy atom. The minimum Gasteiger partial charge on any atom is -0.392 e. The van der Waals surface area contributed by atoms with Crippen LogP contribution in [0, 0.1) is 17.3 Å². The van der Waals surface area contributed by atoms with Crippen LogP contribution in [0.25, 0.3) is 0 Å². The van der Waals surface area contributed by atoms with E-state index in [9.17, 15) is 9.32 Å². The molecule has 2 aliphatic carbocycles. The molecule has 3 nitrogen and oxygen atoms in total. The first kappa shape index (κ1) is 9.62. The van der Waals surface area contributed by atoms with E-state index in [1.807, 2.05) is 6.92 Å². The van der Waals surface area contributed by atoms with E-state index in [0.717, 1.165) is 12.8 Å². The minimum absolute atomic E-state index is 0.0471. The van der Waals surface area contributed by atoms with Crippen LogP contribution in [-0.4, -0.2) is 25.2 Å². The van der Waals surface area contributed by atoms with Crippen molar-refractivity contribution >= 4 is 11.1 Å². The van der Waals surface area contributed by atoms with Crippen molar-refractivity contribution in [1.29, 1.82) is 0 Å². The predicted molar refractivity (Wildman–Crippen MR) is 50.6 cm³/mol. The van der Waals surface area contributed by atoms with Gasteiger partial charge in [-0.05, 0) is 24.2 Å². The van der Waals surface area contributed by atoms with Crippen molar-refractivity contribution in [3.05, 3.63) is 0 Å². The Balaban J connectivity index is 2.25. The van der Waals surface area contributed by atoms with E-state index < -0.39 is 11.1 Å². The molecule has 6 atom stereocenters. The van der Waals surface area contributed by atoms with Gasteiger partial charge in [0, 0.05) is 5.92 Å². The van der Waals surface area contributed by atoms with E-state index in [-0.39, 0.29) is 28.6 Å². The van der Waals surface area contributed by atoms with Crippen LogP contribution >= 0.6 is 0 Å². The van der Waals surface area contributed by atoms with Crippen molar-refractivity contribution < 1.29 is 13.9 Å². The summed E-state index contributed by atoms with van der Waals surface area (Å²) in [6.07, 6.45) is 1.32. The summed E-state index contributed by atoms with van der Waals surface area (Å²) in [5, 5.41) is 9.63. The van der Waals surface area contributed by atoms with Crippen LogP contribution in [0.5, 0.6) is 0 Å². The summed E-state index contributed by atoms with van der Waals surface area (Å²) in [5.41, 5.74) is 0.0904. The molecule has 0 radical (unpaired) electrons. The molecule has 76 valence electrons. The third-order valence-electron chi connectivity index (χ3n) is 4.16. The average Bonchev–Trinajstić information content (AvgIpc) is 2.49. The molecule has 0 aromatic carbocycles. The van der Waals surface area contributed by atoms with Crippen molar-refractivity contribution in [1.82, 2.24) is 0 Å². The number of rotatable bonds is 1. The molecule has 0 saturated heterocycles. The zero-order valence-corrected chi connectivity index (χ0v) is 8.75. The van der Waals surface area contributed by atoms with Crippen molar-refractivity contribution in [3.63, 3.8) is 0 Å². The third-order valence-corrected chi connectivity index (χ3v) is 5.19. The van der Waals surface area contributed by atoms with Crippen LogP contribution in [0.4, 0.5) is 0 Å². The van der Waals surface area contributed by atoms with E-state index in [1.54, 1.807) is 0 Å². The summed E-state index contributed by atoms with van der Waals surface area (Å²) in [6.45, 7) is 4.16. The van der Waals surface area contributed by atoms with Crippen molar-refractivity contribution in [3.8, 4) is 0 Å². The van der Waals surface area contributed by atoms with Gasteiger partial charge >= 0.3 is 0 Å². The molecule has 0 aromatic heterocycles. The van der Waals surface area contributed by atoms with E-state index in [2.05, 4.69) is 6.92 Å². The molecule has 2 fully saturated rings. The second kappa shape index (κ2) is 2.78. The molecule has 2 bridgehead atoms. The highest BCUT2D eigenvalue weighted by Crippen LogP contribution is 2.58.